The van der Waals surface area contributed by atoms with E-state index in [4.69, 9.17) is 11.6 Å². The Morgan fingerprint density at radius 3 is 2.75 bits per heavy atom. The molecular weight excluding hydrogens is 338 g/mol. The molecule has 0 unspecified atom stereocenters. The van der Waals surface area contributed by atoms with Gasteiger partial charge in [-0.3, -0.25) is 4.79 Å². The Morgan fingerprint density at radius 1 is 1.17 bits per heavy atom. The number of carbonyl (C=O) groups excluding carboxylic acids is 1. The Balaban J connectivity index is 1.74. The minimum absolute atomic E-state index is 0.0713. The van der Waals surface area contributed by atoms with E-state index in [1.807, 2.05) is 0 Å². The molecule has 0 aliphatic carbocycles. The van der Waals surface area contributed by atoms with E-state index in [0.29, 0.717) is 5.56 Å². The number of benzene rings is 2. The van der Waals surface area contributed by atoms with Gasteiger partial charge in [-0.2, -0.15) is 0 Å². The zero-order chi connectivity index (χ0) is 17.1. The lowest BCUT2D eigenvalue weighted by Gasteiger charge is -2.05. The zero-order valence-corrected chi connectivity index (χ0v) is 13.0. The first-order valence-electron chi connectivity index (χ1n) is 6.93. The third-order valence-electron chi connectivity index (χ3n) is 3.23. The topological polar surface area (TPSA) is 59.8 Å². The summed E-state index contributed by atoms with van der Waals surface area (Å²) >= 11 is 5.66. The Morgan fingerprint density at radius 2 is 1.96 bits per heavy atom. The number of anilines is 1. The number of aromatic nitrogens is 3. The molecule has 1 amide bonds. The summed E-state index contributed by atoms with van der Waals surface area (Å²) in [6.07, 6.45) is 1.30. The molecule has 0 radical (unpaired) electrons. The van der Waals surface area contributed by atoms with E-state index >= 15 is 0 Å². The second-order valence-electron chi connectivity index (χ2n) is 4.91. The van der Waals surface area contributed by atoms with Gasteiger partial charge in [0.25, 0.3) is 5.91 Å². The van der Waals surface area contributed by atoms with Crippen molar-refractivity contribution in [3.8, 4) is 0 Å². The maximum Gasteiger partial charge on any atom is 0.295 e. The van der Waals surface area contributed by atoms with E-state index in [1.54, 1.807) is 18.2 Å². The smallest absolute Gasteiger partial charge is 0.295 e. The van der Waals surface area contributed by atoms with Crippen LogP contribution in [-0.2, 0) is 6.54 Å². The molecule has 0 spiro atoms. The van der Waals surface area contributed by atoms with Gasteiger partial charge in [0, 0.05) is 5.56 Å². The lowest BCUT2D eigenvalue weighted by molar-refractivity contribution is 0.101. The lowest BCUT2D eigenvalue weighted by Crippen LogP contribution is -2.15. The van der Waals surface area contributed by atoms with Crippen molar-refractivity contribution in [2.45, 2.75) is 6.54 Å². The lowest BCUT2D eigenvalue weighted by atomic mass is 10.2. The van der Waals surface area contributed by atoms with Crippen LogP contribution in [0.15, 0.2) is 48.8 Å². The number of halogens is 3. The average Bonchev–Trinajstić information content (AvgIpc) is 3.03. The second kappa shape index (κ2) is 6.76. The molecule has 2 aromatic carbocycles. The summed E-state index contributed by atoms with van der Waals surface area (Å²) in [5, 5.41) is 6.21. The maximum atomic E-state index is 13.8. The van der Waals surface area contributed by atoms with E-state index in [0.717, 1.165) is 0 Å². The fourth-order valence-electron chi connectivity index (χ4n) is 2.05. The highest BCUT2D eigenvalue weighted by Gasteiger charge is 2.15. The van der Waals surface area contributed by atoms with Crippen LogP contribution in [0.2, 0.25) is 5.02 Å². The molecule has 0 atom stereocenters. The molecular formula is C16H11ClF2N4O. The van der Waals surface area contributed by atoms with Crippen molar-refractivity contribution in [3.05, 3.63) is 76.8 Å². The van der Waals surface area contributed by atoms with Crippen LogP contribution in [0.4, 0.5) is 14.5 Å². The number of hydrogen-bond donors (Lipinski definition) is 1. The summed E-state index contributed by atoms with van der Waals surface area (Å²) in [7, 11) is 0. The van der Waals surface area contributed by atoms with Crippen LogP contribution < -0.4 is 5.32 Å². The Labute approximate surface area is 140 Å². The normalized spacial score (nSPS) is 10.6. The molecule has 1 aromatic heterocycles. The van der Waals surface area contributed by atoms with Crippen LogP contribution in [0.5, 0.6) is 0 Å². The number of nitrogens with zero attached hydrogens (tertiary/aromatic N) is 3. The molecule has 8 heteroatoms. The first kappa shape index (κ1) is 16.1. The predicted octanol–water partition coefficient (Wildman–Crippen LogP) is 3.51. The molecule has 0 saturated heterocycles. The summed E-state index contributed by atoms with van der Waals surface area (Å²) in [6, 6.07) is 10.5. The Bertz CT molecular complexity index is 897. The summed E-state index contributed by atoms with van der Waals surface area (Å²) in [4.78, 5) is 15.9. The third-order valence-corrected chi connectivity index (χ3v) is 3.52. The molecule has 1 N–H and O–H groups in total. The number of amides is 1. The molecule has 3 aromatic rings. The van der Waals surface area contributed by atoms with Gasteiger partial charge in [0.1, 0.15) is 12.1 Å². The molecule has 3 rings (SSSR count). The predicted molar refractivity (Wildman–Crippen MR) is 84.9 cm³/mol. The first-order chi connectivity index (χ1) is 11.5. The molecule has 0 aliphatic rings. The van der Waals surface area contributed by atoms with Crippen molar-refractivity contribution in [1.82, 2.24) is 14.8 Å². The summed E-state index contributed by atoms with van der Waals surface area (Å²) in [5.41, 5.74) is 0.341. The van der Waals surface area contributed by atoms with Gasteiger partial charge in [-0.05, 0) is 18.2 Å². The standard InChI is InChI=1S/C16H11ClF2N4O/c17-11-5-3-7-13(14(11)19)21-16(24)15-20-9-23(22-15)8-10-4-1-2-6-12(10)18/h1-7,9H,8H2,(H,21,24). The van der Waals surface area contributed by atoms with Crippen LogP contribution in [0.3, 0.4) is 0 Å². The van der Waals surface area contributed by atoms with Crippen molar-refractivity contribution in [3.63, 3.8) is 0 Å². The van der Waals surface area contributed by atoms with Gasteiger partial charge in [-0.25, -0.2) is 18.4 Å². The van der Waals surface area contributed by atoms with E-state index in [2.05, 4.69) is 15.4 Å². The fraction of sp³-hybridized carbons (Fsp3) is 0.0625. The SMILES string of the molecule is O=C(Nc1cccc(Cl)c1F)c1ncn(Cc2ccccc2F)n1. The third kappa shape index (κ3) is 3.41. The van der Waals surface area contributed by atoms with Gasteiger partial charge in [0.15, 0.2) is 5.82 Å². The molecule has 0 aliphatic heterocycles. The van der Waals surface area contributed by atoms with Crippen LogP contribution in [0.25, 0.3) is 0 Å². The maximum absolute atomic E-state index is 13.8. The van der Waals surface area contributed by atoms with Gasteiger partial charge < -0.3 is 5.32 Å². The van der Waals surface area contributed by atoms with Crippen LogP contribution in [0, 0.1) is 11.6 Å². The van der Waals surface area contributed by atoms with Crippen LogP contribution in [0.1, 0.15) is 16.2 Å². The zero-order valence-electron chi connectivity index (χ0n) is 12.2. The van der Waals surface area contributed by atoms with Gasteiger partial charge in [-0.1, -0.05) is 35.9 Å². The average molecular weight is 349 g/mol. The van der Waals surface area contributed by atoms with E-state index < -0.39 is 11.7 Å². The highest BCUT2D eigenvalue weighted by Crippen LogP contribution is 2.22. The van der Waals surface area contributed by atoms with Gasteiger partial charge in [0.05, 0.1) is 17.3 Å². The first-order valence-corrected chi connectivity index (χ1v) is 7.30. The van der Waals surface area contributed by atoms with Gasteiger partial charge in [0.2, 0.25) is 5.82 Å². The highest BCUT2D eigenvalue weighted by atomic mass is 35.5. The molecule has 24 heavy (non-hydrogen) atoms. The largest absolute Gasteiger partial charge is 0.317 e. The molecule has 1 heterocycles. The molecule has 0 bridgehead atoms. The monoisotopic (exact) mass is 348 g/mol. The van der Waals surface area contributed by atoms with E-state index in [-0.39, 0.29) is 28.9 Å². The van der Waals surface area contributed by atoms with Gasteiger partial charge in [-0.15, -0.1) is 5.10 Å². The molecule has 0 fully saturated rings. The minimum Gasteiger partial charge on any atom is -0.317 e. The minimum atomic E-state index is -0.738. The molecule has 122 valence electrons. The quantitative estimate of drug-likeness (QED) is 0.785. The van der Waals surface area contributed by atoms with Crippen LogP contribution >= 0.6 is 11.6 Å². The molecule has 5 nitrogen and oxygen atoms in total. The Hall–Kier alpha value is -2.80. The number of hydrogen-bond acceptors (Lipinski definition) is 3. The number of rotatable bonds is 4. The van der Waals surface area contributed by atoms with Crippen molar-refractivity contribution in [2.24, 2.45) is 0 Å². The summed E-state index contributed by atoms with van der Waals surface area (Å²) in [6.45, 7) is 0.123. The number of nitrogens with one attached hydrogen (secondary N) is 1. The fourth-order valence-corrected chi connectivity index (χ4v) is 2.23. The second-order valence-corrected chi connectivity index (χ2v) is 5.32. The van der Waals surface area contributed by atoms with Crippen molar-refractivity contribution < 1.29 is 13.6 Å². The molecule has 0 saturated carbocycles. The summed E-state index contributed by atoms with van der Waals surface area (Å²) < 4.78 is 28.7. The Kier molecular flexibility index (Phi) is 4.52. The number of carbonyl (C=O) groups is 1. The van der Waals surface area contributed by atoms with E-state index in [1.165, 1.54) is 35.3 Å². The van der Waals surface area contributed by atoms with Gasteiger partial charge >= 0.3 is 0 Å². The summed E-state index contributed by atoms with van der Waals surface area (Å²) in [5.74, 6) is -1.97. The highest BCUT2D eigenvalue weighted by molar-refractivity contribution is 6.31. The van der Waals surface area contributed by atoms with Crippen molar-refractivity contribution in [1.29, 1.82) is 0 Å². The van der Waals surface area contributed by atoms with Crippen LogP contribution in [-0.4, -0.2) is 20.7 Å². The van der Waals surface area contributed by atoms with Crippen molar-refractivity contribution in [2.75, 3.05) is 5.32 Å². The van der Waals surface area contributed by atoms with E-state index in [9.17, 15) is 13.6 Å². The van der Waals surface area contributed by atoms with Crippen molar-refractivity contribution >= 4 is 23.2 Å².